The Hall–Kier alpha value is -1.35. The molecule has 0 spiro atoms. The standard InChI is InChI=1S/C16H18BrClN2O4S.C3H6.2C2H6/c17-13-2-3-15-12(10-13)11-24-16(21)20(15)14-4-7-19(8-5-14)25(22,23)9-1-6-18;1-3-2;2*1-2/h1-3,6,10,14H,4-5,7-9,11H2;3H,1H2,2H3;2*1-2H3/b6-1+;;;. The van der Waals surface area contributed by atoms with Crippen LogP contribution in [0.25, 0.3) is 0 Å². The molecule has 6 nitrogen and oxygen atoms in total. The van der Waals surface area contributed by atoms with E-state index in [1.54, 1.807) is 11.0 Å². The molecule has 3 rings (SSSR count). The highest BCUT2D eigenvalue weighted by molar-refractivity contribution is 9.10. The number of benzene rings is 1. The van der Waals surface area contributed by atoms with Crippen LogP contribution < -0.4 is 4.90 Å². The Bertz CT molecular complexity index is 838. The molecule has 0 saturated carbocycles. The zero-order valence-corrected chi connectivity index (χ0v) is 22.8. The summed E-state index contributed by atoms with van der Waals surface area (Å²) in [7, 11) is -3.36. The van der Waals surface area contributed by atoms with E-state index < -0.39 is 10.0 Å². The second-order valence-corrected chi connectivity index (χ2v) is 9.56. The Kier molecular flexibility index (Phi) is 15.6. The molecule has 0 atom stereocenters. The molecule has 0 aromatic heterocycles. The third-order valence-corrected chi connectivity index (χ3v) is 6.86. The Balaban J connectivity index is 0.00000124. The highest BCUT2D eigenvalue weighted by Gasteiger charge is 2.36. The third kappa shape index (κ3) is 8.89. The minimum Gasteiger partial charge on any atom is -0.444 e. The van der Waals surface area contributed by atoms with Gasteiger partial charge in [0, 0.05) is 34.7 Å². The normalized spacial score (nSPS) is 16.3. The largest absolute Gasteiger partial charge is 0.444 e. The number of allylic oxidation sites excluding steroid dienone is 1. The van der Waals surface area contributed by atoms with E-state index in [1.165, 1.54) is 15.9 Å². The van der Waals surface area contributed by atoms with E-state index in [0.29, 0.717) is 25.9 Å². The average Bonchev–Trinajstić information content (AvgIpc) is 2.81. The van der Waals surface area contributed by atoms with E-state index >= 15 is 0 Å². The van der Waals surface area contributed by atoms with Crippen molar-refractivity contribution in [1.29, 1.82) is 0 Å². The number of halogens is 2. The first-order chi connectivity index (χ1) is 15.3. The lowest BCUT2D eigenvalue weighted by Gasteiger charge is -2.39. The zero-order chi connectivity index (χ0) is 24.7. The van der Waals surface area contributed by atoms with Crippen molar-refractivity contribution in [1.82, 2.24) is 4.31 Å². The maximum Gasteiger partial charge on any atom is 0.414 e. The van der Waals surface area contributed by atoms with Crippen molar-refractivity contribution in [3.05, 3.63) is 52.5 Å². The minimum atomic E-state index is -3.36. The number of carbonyl (C=O) groups is 1. The van der Waals surface area contributed by atoms with E-state index in [2.05, 4.69) is 22.5 Å². The van der Waals surface area contributed by atoms with Gasteiger partial charge in [0.25, 0.3) is 0 Å². The number of rotatable bonds is 4. The molecule has 1 aromatic carbocycles. The number of carbonyl (C=O) groups excluding carboxylic acids is 1. The van der Waals surface area contributed by atoms with Gasteiger partial charge in [-0.05, 0) is 38.0 Å². The molecule has 2 aliphatic rings. The number of cyclic esters (lactones) is 1. The SMILES string of the molecule is C=CC.CC.CC.O=C1OCc2cc(Br)ccc2N1C1CCN(S(=O)(=O)C/C=C/Cl)CC1. The van der Waals surface area contributed by atoms with Crippen LogP contribution in [0.5, 0.6) is 0 Å². The fourth-order valence-corrected chi connectivity index (χ4v) is 5.12. The molecule has 1 saturated heterocycles. The minimum absolute atomic E-state index is 0.0808. The van der Waals surface area contributed by atoms with Gasteiger partial charge >= 0.3 is 6.09 Å². The molecule has 2 heterocycles. The smallest absolute Gasteiger partial charge is 0.414 e. The quantitative estimate of drug-likeness (QED) is 0.391. The number of hydrogen-bond donors (Lipinski definition) is 0. The van der Waals surface area contributed by atoms with Crippen molar-refractivity contribution in [3.8, 4) is 0 Å². The summed E-state index contributed by atoms with van der Waals surface area (Å²) in [5.41, 5.74) is 2.99. The van der Waals surface area contributed by atoms with Crippen molar-refractivity contribution < 1.29 is 17.9 Å². The van der Waals surface area contributed by atoms with Crippen LogP contribution in [0.3, 0.4) is 0 Å². The molecule has 182 valence electrons. The van der Waals surface area contributed by atoms with Gasteiger partial charge in [-0.3, -0.25) is 4.90 Å². The lowest BCUT2D eigenvalue weighted by atomic mass is 10.0. The summed E-state index contributed by atoms with van der Waals surface area (Å²) in [6, 6.07) is 5.64. The number of hydrogen-bond acceptors (Lipinski definition) is 4. The average molecular weight is 552 g/mol. The van der Waals surface area contributed by atoms with Gasteiger partial charge in [-0.15, -0.1) is 6.58 Å². The second kappa shape index (κ2) is 16.3. The lowest BCUT2D eigenvalue weighted by molar-refractivity contribution is 0.136. The number of ether oxygens (including phenoxy) is 1. The van der Waals surface area contributed by atoms with Gasteiger partial charge in [-0.2, -0.15) is 0 Å². The van der Waals surface area contributed by atoms with Gasteiger partial charge in [-0.1, -0.05) is 67.4 Å². The first kappa shape index (κ1) is 30.6. The Morgan fingerprint density at radius 3 is 2.31 bits per heavy atom. The van der Waals surface area contributed by atoms with Gasteiger partial charge in [0.2, 0.25) is 10.0 Å². The fraction of sp³-hybridized carbons (Fsp3) is 0.522. The predicted octanol–water partition coefficient (Wildman–Crippen LogP) is 6.70. The van der Waals surface area contributed by atoms with Gasteiger partial charge in [0.15, 0.2) is 0 Å². The molecule has 1 fully saturated rings. The Morgan fingerprint density at radius 1 is 1.22 bits per heavy atom. The van der Waals surface area contributed by atoms with Gasteiger partial charge in [0.1, 0.15) is 6.61 Å². The second-order valence-electron chi connectivity index (χ2n) is 6.38. The Morgan fingerprint density at radius 2 is 1.78 bits per heavy atom. The number of amides is 1. The summed E-state index contributed by atoms with van der Waals surface area (Å²) in [5.74, 6) is -0.107. The van der Waals surface area contributed by atoms with Crippen LogP contribution in [0.1, 0.15) is 53.0 Å². The highest BCUT2D eigenvalue weighted by Crippen LogP contribution is 2.34. The van der Waals surface area contributed by atoms with E-state index in [0.717, 1.165) is 15.7 Å². The summed E-state index contributed by atoms with van der Waals surface area (Å²) in [4.78, 5) is 14.0. The molecule has 0 radical (unpaired) electrons. The maximum atomic E-state index is 12.3. The highest BCUT2D eigenvalue weighted by atomic mass is 79.9. The molecule has 1 amide bonds. The molecule has 0 unspecified atom stereocenters. The number of nitrogens with zero attached hydrogens (tertiary/aromatic N) is 2. The first-order valence-electron chi connectivity index (χ1n) is 10.9. The maximum absolute atomic E-state index is 12.3. The molecular formula is C23H36BrClN2O4S. The monoisotopic (exact) mass is 550 g/mol. The van der Waals surface area contributed by atoms with E-state index in [-0.39, 0.29) is 24.5 Å². The van der Waals surface area contributed by atoms with Crippen LogP contribution in [0.15, 0.2) is 46.9 Å². The van der Waals surface area contributed by atoms with E-state index in [1.807, 2.05) is 52.8 Å². The molecule has 1 aromatic rings. The van der Waals surface area contributed by atoms with Crippen molar-refractivity contribution in [2.45, 2.75) is 60.1 Å². The van der Waals surface area contributed by atoms with E-state index in [9.17, 15) is 13.2 Å². The van der Waals surface area contributed by atoms with Crippen molar-refractivity contribution in [2.75, 3.05) is 23.7 Å². The number of fused-ring (bicyclic) bond motifs is 1. The van der Waals surface area contributed by atoms with Crippen molar-refractivity contribution >= 4 is 49.3 Å². The molecule has 32 heavy (non-hydrogen) atoms. The van der Waals surface area contributed by atoms with Gasteiger partial charge in [-0.25, -0.2) is 17.5 Å². The zero-order valence-electron chi connectivity index (χ0n) is 19.7. The lowest BCUT2D eigenvalue weighted by Crippen LogP contribution is -2.50. The summed E-state index contributed by atoms with van der Waals surface area (Å²) in [6.07, 6.45) is 3.92. The first-order valence-corrected chi connectivity index (χ1v) is 13.7. The van der Waals surface area contributed by atoms with E-state index in [4.69, 9.17) is 16.3 Å². The van der Waals surface area contributed by atoms with Gasteiger partial charge in [0.05, 0.1) is 11.4 Å². The number of piperidine rings is 1. The van der Waals surface area contributed by atoms with Crippen LogP contribution >= 0.6 is 27.5 Å². The fourth-order valence-electron chi connectivity index (χ4n) is 3.20. The van der Waals surface area contributed by atoms with Crippen LogP contribution in [0.4, 0.5) is 10.5 Å². The van der Waals surface area contributed by atoms with Crippen molar-refractivity contribution in [3.63, 3.8) is 0 Å². The molecule has 0 bridgehead atoms. The predicted molar refractivity (Wildman–Crippen MR) is 139 cm³/mol. The summed E-state index contributed by atoms with van der Waals surface area (Å²) in [5, 5.41) is 0. The number of sulfonamides is 1. The Labute approximate surface area is 207 Å². The third-order valence-electron chi connectivity index (χ3n) is 4.43. The summed E-state index contributed by atoms with van der Waals surface area (Å²) in [6.45, 7) is 14.2. The molecular weight excluding hydrogens is 516 g/mol. The van der Waals surface area contributed by atoms with Crippen LogP contribution in [0.2, 0.25) is 0 Å². The number of anilines is 1. The molecule has 2 aliphatic heterocycles. The molecule has 0 aliphatic carbocycles. The molecule has 9 heteroatoms. The van der Waals surface area contributed by atoms with Crippen molar-refractivity contribution in [2.24, 2.45) is 0 Å². The van der Waals surface area contributed by atoms with Crippen LogP contribution in [-0.2, 0) is 21.4 Å². The van der Waals surface area contributed by atoms with Crippen LogP contribution in [-0.4, -0.2) is 43.7 Å². The van der Waals surface area contributed by atoms with Gasteiger partial charge < -0.3 is 4.74 Å². The summed E-state index contributed by atoms with van der Waals surface area (Å²) < 4.78 is 32.1. The summed E-state index contributed by atoms with van der Waals surface area (Å²) >= 11 is 8.85. The van der Waals surface area contributed by atoms with Crippen LogP contribution in [0, 0.1) is 0 Å². The molecule has 0 N–H and O–H groups in total. The topological polar surface area (TPSA) is 66.9 Å².